The average Bonchev–Trinajstić information content (AvgIpc) is 3.49. The van der Waals surface area contributed by atoms with E-state index in [2.05, 4.69) is 22.1 Å². The van der Waals surface area contributed by atoms with Crippen LogP contribution < -0.4 is 5.32 Å². The molecule has 2 unspecified atom stereocenters. The molecule has 3 aliphatic rings. The van der Waals surface area contributed by atoms with Gasteiger partial charge in [0.05, 0.1) is 36.3 Å². The van der Waals surface area contributed by atoms with Gasteiger partial charge >= 0.3 is 12.1 Å². The summed E-state index contributed by atoms with van der Waals surface area (Å²) in [6, 6.07) is 7.79. The maximum atomic E-state index is 17.9. The number of fused-ring (bicyclic) bond motifs is 2. The van der Waals surface area contributed by atoms with Crippen LogP contribution in [0.2, 0.25) is 0 Å². The number of carbonyl (C=O) groups excluding carboxylic acids is 4. The van der Waals surface area contributed by atoms with Crippen LogP contribution in [0.5, 0.6) is 0 Å². The van der Waals surface area contributed by atoms with Gasteiger partial charge in [0.15, 0.2) is 17.7 Å². The number of benzene rings is 1. The molecule has 56 heavy (non-hydrogen) atoms. The highest BCUT2D eigenvalue weighted by Crippen LogP contribution is 2.40. The molecule has 1 aromatic heterocycles. The molecule has 14 heteroatoms. The number of nitrogens with zero attached hydrogens (tertiary/aromatic N) is 2. The van der Waals surface area contributed by atoms with E-state index >= 15 is 4.39 Å². The molecule has 0 spiro atoms. The van der Waals surface area contributed by atoms with Crippen molar-refractivity contribution in [3.05, 3.63) is 42.1 Å². The molecule has 0 radical (unpaired) electrons. The molecule has 3 fully saturated rings. The van der Waals surface area contributed by atoms with Crippen LogP contribution in [0.4, 0.5) is 9.18 Å². The molecule has 306 valence electrons. The van der Waals surface area contributed by atoms with Gasteiger partial charge in [-0.15, -0.1) is 0 Å². The highest BCUT2D eigenvalue weighted by Gasteiger charge is 2.60. The van der Waals surface area contributed by atoms with Crippen molar-refractivity contribution < 1.29 is 52.4 Å². The van der Waals surface area contributed by atoms with E-state index in [9.17, 15) is 24.3 Å². The van der Waals surface area contributed by atoms with Gasteiger partial charge in [-0.25, -0.2) is 14.0 Å². The Hall–Kier alpha value is -4.00. The summed E-state index contributed by atoms with van der Waals surface area (Å²) < 4.78 is 48.0. The zero-order valence-electron chi connectivity index (χ0n) is 33.9. The number of ether oxygens (including phenoxy) is 5. The van der Waals surface area contributed by atoms with Gasteiger partial charge < -0.3 is 39.0 Å². The van der Waals surface area contributed by atoms with E-state index in [-0.39, 0.29) is 24.3 Å². The molecule has 0 saturated carbocycles. The summed E-state index contributed by atoms with van der Waals surface area (Å²) in [5.41, 5.74) is -3.80. The van der Waals surface area contributed by atoms with Crippen molar-refractivity contribution in [3.8, 4) is 11.8 Å². The molecule has 2 aromatic rings. The third-order valence-electron chi connectivity index (χ3n) is 12.0. The number of pyridine rings is 1. The van der Waals surface area contributed by atoms with Crippen molar-refractivity contribution in [3.63, 3.8) is 0 Å². The van der Waals surface area contributed by atoms with Crippen molar-refractivity contribution >= 4 is 34.5 Å². The van der Waals surface area contributed by atoms with Crippen molar-refractivity contribution in [2.45, 2.75) is 128 Å². The van der Waals surface area contributed by atoms with Crippen LogP contribution >= 0.6 is 0 Å². The second-order valence-electron chi connectivity index (χ2n) is 16.1. The predicted octanol–water partition coefficient (Wildman–Crippen LogP) is 4.40. The van der Waals surface area contributed by atoms with Gasteiger partial charge in [-0.05, 0) is 52.9 Å². The zero-order chi connectivity index (χ0) is 41.3. The monoisotopic (exact) mass is 781 g/mol. The molecule has 14 atom stereocenters. The van der Waals surface area contributed by atoms with Crippen LogP contribution in [-0.4, -0.2) is 120 Å². The average molecular weight is 782 g/mol. The minimum Gasteiger partial charge on any atom is -0.455 e. The largest absolute Gasteiger partial charge is 0.455 e. The molecule has 4 heterocycles. The lowest BCUT2D eigenvalue weighted by molar-refractivity contribution is -0.282. The minimum absolute atomic E-state index is 0.0457. The van der Waals surface area contributed by atoms with Crippen LogP contribution in [-0.2, 0) is 38.1 Å². The van der Waals surface area contributed by atoms with Gasteiger partial charge in [0.1, 0.15) is 18.0 Å². The Morgan fingerprint density at radius 1 is 1.05 bits per heavy atom. The van der Waals surface area contributed by atoms with E-state index in [4.69, 9.17) is 23.7 Å². The molecular formula is C42H56FN3O10. The minimum atomic E-state index is -3.35. The maximum Gasteiger partial charge on any atom is 0.408 e. The number of alkyl halides is 1. The second kappa shape index (κ2) is 17.2. The number of rotatable bonds is 6. The number of cyclic esters (lactones) is 1. The first kappa shape index (κ1) is 43.1. The SMILES string of the molecule is CC[C@H]1OC(=O)C(F)(CC#Cc2cnc3ccccc3c2)C(=O)[C@H](C)[C@@H](O[C@@H]2O[C@H](C)C[C@H](N(C)C)[C@H]2O)[C@@H](C)[C@@H](OC)[C@@H](C)C(=O)[C@H](C)C2NC(=O)O[C@@]21C. The number of aliphatic hydroxyl groups excluding tert-OH is 1. The number of Topliss-reactive ketones (excluding diaryl/α,β-unsaturated/α-hetero) is 2. The van der Waals surface area contributed by atoms with Gasteiger partial charge in [0.2, 0.25) is 0 Å². The number of nitrogens with one attached hydrogen (secondary N) is 1. The number of amides is 1. The van der Waals surface area contributed by atoms with Crippen LogP contribution in [0.3, 0.4) is 0 Å². The molecule has 13 nitrogen and oxygen atoms in total. The number of halogens is 1. The van der Waals surface area contributed by atoms with E-state index < -0.39 is 96.0 Å². The number of esters is 1. The molecule has 0 aliphatic carbocycles. The molecule has 1 aromatic carbocycles. The topological polar surface area (TPSA) is 163 Å². The summed E-state index contributed by atoms with van der Waals surface area (Å²) in [4.78, 5) is 62.4. The highest BCUT2D eigenvalue weighted by atomic mass is 19.1. The summed E-state index contributed by atoms with van der Waals surface area (Å²) in [5, 5.41) is 15.0. The third kappa shape index (κ3) is 8.34. The summed E-state index contributed by atoms with van der Waals surface area (Å²) in [6.45, 7) is 11.5. The number of methoxy groups -OCH3 is 1. The number of carbonyl (C=O) groups is 4. The van der Waals surface area contributed by atoms with Crippen LogP contribution in [0.25, 0.3) is 10.9 Å². The Kier molecular flexibility index (Phi) is 13.3. The molecular weight excluding hydrogens is 725 g/mol. The number of aliphatic hydroxyl groups is 1. The number of hydrogen-bond acceptors (Lipinski definition) is 12. The van der Waals surface area contributed by atoms with Crippen LogP contribution in [0.1, 0.15) is 73.3 Å². The van der Waals surface area contributed by atoms with E-state index in [1.54, 1.807) is 33.8 Å². The van der Waals surface area contributed by atoms with Crippen LogP contribution in [0.15, 0.2) is 36.5 Å². The first-order chi connectivity index (χ1) is 26.4. The Labute approximate surface area is 328 Å². The first-order valence-electron chi connectivity index (χ1n) is 19.4. The normalized spacial score (nSPS) is 38.5. The quantitative estimate of drug-likeness (QED) is 0.242. The van der Waals surface area contributed by atoms with Crippen molar-refractivity contribution in [1.82, 2.24) is 15.2 Å². The lowest BCUT2D eigenvalue weighted by Gasteiger charge is -2.45. The van der Waals surface area contributed by atoms with Gasteiger partial charge in [0, 0.05) is 54.0 Å². The van der Waals surface area contributed by atoms with Gasteiger partial charge in [-0.2, -0.15) is 0 Å². The standard InChI is InChI=1S/C42H56FN3O10/c1-11-31-41(7)36(45-40(51)56-41)24(4)32(47)23(3)34(52-10)25(5)35(55-38-33(48)30(46(8)9)19-22(2)53-38)26(6)37(49)42(43,39(50)54-31)18-14-15-27-20-28-16-12-13-17-29(28)44-21-27/h12-13,16-17,20-26,30-31,33-36,38,48H,11,18-19H2,1-10H3,(H,45,51)/t22-,23+,24+,25+,26-,30+,31-,33-,34+,35+,36?,38+,41-,42?/m1/s1. The Bertz CT molecular complexity index is 1850. The van der Waals surface area contributed by atoms with Crippen molar-refractivity contribution in [2.75, 3.05) is 21.2 Å². The fourth-order valence-corrected chi connectivity index (χ4v) is 8.76. The first-order valence-corrected chi connectivity index (χ1v) is 19.4. The van der Waals surface area contributed by atoms with E-state index in [0.29, 0.717) is 12.0 Å². The molecule has 3 aliphatic heterocycles. The summed E-state index contributed by atoms with van der Waals surface area (Å²) >= 11 is 0. The van der Waals surface area contributed by atoms with Crippen LogP contribution in [0, 0.1) is 35.5 Å². The Morgan fingerprint density at radius 3 is 2.41 bits per heavy atom. The fraction of sp³-hybridized carbons (Fsp3) is 0.643. The summed E-state index contributed by atoms with van der Waals surface area (Å²) in [5.74, 6) is -1.40. The lowest BCUT2D eigenvalue weighted by Crippen LogP contribution is -2.60. The maximum absolute atomic E-state index is 17.9. The van der Waals surface area contributed by atoms with E-state index in [1.807, 2.05) is 50.2 Å². The number of alkyl carbamates (subject to hydrolysis) is 1. The number of para-hydroxylation sites is 1. The number of ketones is 2. The number of aromatic nitrogens is 1. The third-order valence-corrected chi connectivity index (χ3v) is 12.0. The number of likely N-dealkylation sites (N-methyl/N-ethyl adjacent to an activating group) is 1. The molecule has 0 bridgehead atoms. The second-order valence-corrected chi connectivity index (χ2v) is 16.1. The summed E-state index contributed by atoms with van der Waals surface area (Å²) in [6.07, 6.45) is -5.89. The molecule has 2 N–H and O–H groups in total. The molecule has 3 saturated heterocycles. The zero-order valence-corrected chi connectivity index (χ0v) is 33.9. The molecule has 1 amide bonds. The number of hydrogen-bond donors (Lipinski definition) is 2. The molecule has 5 rings (SSSR count). The highest BCUT2D eigenvalue weighted by molar-refractivity contribution is 6.08. The van der Waals surface area contributed by atoms with Crippen molar-refractivity contribution in [2.24, 2.45) is 23.7 Å². The predicted molar refractivity (Wildman–Crippen MR) is 204 cm³/mol. The lowest BCUT2D eigenvalue weighted by atomic mass is 9.73. The Morgan fingerprint density at radius 2 is 1.75 bits per heavy atom. The summed E-state index contributed by atoms with van der Waals surface area (Å²) in [7, 11) is 5.06. The van der Waals surface area contributed by atoms with Crippen molar-refractivity contribution in [1.29, 1.82) is 0 Å². The van der Waals surface area contributed by atoms with Gasteiger partial charge in [0.25, 0.3) is 5.67 Å². The van der Waals surface area contributed by atoms with E-state index in [1.165, 1.54) is 27.2 Å². The smallest absolute Gasteiger partial charge is 0.408 e. The van der Waals surface area contributed by atoms with Gasteiger partial charge in [-0.3, -0.25) is 14.6 Å². The van der Waals surface area contributed by atoms with Gasteiger partial charge in [-0.1, -0.05) is 64.7 Å². The fourth-order valence-electron chi connectivity index (χ4n) is 8.76. The van der Waals surface area contributed by atoms with E-state index in [0.717, 1.165) is 10.9 Å². The Balaban J connectivity index is 1.63.